The summed E-state index contributed by atoms with van der Waals surface area (Å²) >= 11 is 0. The predicted molar refractivity (Wildman–Crippen MR) is 70.4 cm³/mol. The number of benzene rings is 1. The van der Waals surface area contributed by atoms with E-state index in [1.165, 1.54) is 6.07 Å². The molecular formula is C14H23FN2. The zero-order valence-corrected chi connectivity index (χ0v) is 10.8. The van der Waals surface area contributed by atoms with Crippen LogP contribution < -0.4 is 5.73 Å². The summed E-state index contributed by atoms with van der Waals surface area (Å²) in [6, 6.07) is 6.98. The fourth-order valence-corrected chi connectivity index (χ4v) is 1.68. The summed E-state index contributed by atoms with van der Waals surface area (Å²) in [5.41, 5.74) is 6.37. The van der Waals surface area contributed by atoms with Crippen LogP contribution in [-0.2, 0) is 6.42 Å². The highest BCUT2D eigenvalue weighted by Gasteiger charge is 2.05. The highest BCUT2D eigenvalue weighted by Crippen LogP contribution is 2.08. The molecule has 1 atom stereocenters. The normalized spacial score (nSPS) is 13.0. The van der Waals surface area contributed by atoms with Crippen molar-refractivity contribution < 1.29 is 4.39 Å². The Balaban J connectivity index is 2.28. The fourth-order valence-electron chi connectivity index (χ4n) is 1.68. The number of halogens is 1. The highest BCUT2D eigenvalue weighted by molar-refractivity contribution is 5.17. The Morgan fingerprint density at radius 3 is 2.65 bits per heavy atom. The van der Waals surface area contributed by atoms with Crippen LogP contribution in [0.4, 0.5) is 4.39 Å². The number of rotatable bonds is 7. The third-order valence-electron chi connectivity index (χ3n) is 3.13. The van der Waals surface area contributed by atoms with Crippen LogP contribution in [0.25, 0.3) is 0 Å². The molecule has 17 heavy (non-hydrogen) atoms. The second kappa shape index (κ2) is 7.41. The lowest BCUT2D eigenvalue weighted by Crippen LogP contribution is -2.25. The molecule has 0 amide bonds. The van der Waals surface area contributed by atoms with Gasteiger partial charge in [0.15, 0.2) is 0 Å². The second-order valence-corrected chi connectivity index (χ2v) is 4.77. The van der Waals surface area contributed by atoms with Gasteiger partial charge in [-0.1, -0.05) is 25.1 Å². The van der Waals surface area contributed by atoms with Gasteiger partial charge in [0.2, 0.25) is 0 Å². The van der Waals surface area contributed by atoms with E-state index in [4.69, 9.17) is 5.73 Å². The summed E-state index contributed by atoms with van der Waals surface area (Å²) in [5.74, 6) is 0.460. The maximum atomic E-state index is 13.4. The van der Waals surface area contributed by atoms with Crippen LogP contribution in [0.5, 0.6) is 0 Å². The van der Waals surface area contributed by atoms with Gasteiger partial charge in [-0.15, -0.1) is 0 Å². The zero-order valence-electron chi connectivity index (χ0n) is 10.8. The minimum Gasteiger partial charge on any atom is -0.330 e. The Labute approximate surface area is 104 Å². The van der Waals surface area contributed by atoms with E-state index in [0.29, 0.717) is 5.92 Å². The largest absolute Gasteiger partial charge is 0.330 e. The van der Waals surface area contributed by atoms with Gasteiger partial charge in [-0.3, -0.25) is 0 Å². The number of hydrogen-bond donors (Lipinski definition) is 1. The molecular weight excluding hydrogens is 215 g/mol. The lowest BCUT2D eigenvalue weighted by molar-refractivity contribution is 0.309. The van der Waals surface area contributed by atoms with E-state index in [1.807, 2.05) is 12.1 Å². The number of nitrogens with zero attached hydrogens (tertiary/aromatic N) is 1. The molecule has 0 saturated carbocycles. The van der Waals surface area contributed by atoms with Gasteiger partial charge in [0.1, 0.15) is 5.82 Å². The average molecular weight is 238 g/mol. The first-order chi connectivity index (χ1) is 8.13. The van der Waals surface area contributed by atoms with E-state index in [1.54, 1.807) is 6.07 Å². The van der Waals surface area contributed by atoms with Crippen molar-refractivity contribution in [2.45, 2.75) is 19.8 Å². The molecule has 3 heteroatoms. The first-order valence-electron chi connectivity index (χ1n) is 6.25. The van der Waals surface area contributed by atoms with E-state index in [2.05, 4.69) is 18.9 Å². The van der Waals surface area contributed by atoms with Crippen molar-refractivity contribution in [3.63, 3.8) is 0 Å². The average Bonchev–Trinajstić information content (AvgIpc) is 2.35. The predicted octanol–water partition coefficient (Wildman–Crippen LogP) is 2.28. The summed E-state index contributed by atoms with van der Waals surface area (Å²) in [4.78, 5) is 2.23. The number of nitrogens with two attached hydrogens (primary N) is 1. The van der Waals surface area contributed by atoms with Gasteiger partial charge < -0.3 is 10.6 Å². The van der Waals surface area contributed by atoms with Crippen molar-refractivity contribution >= 4 is 0 Å². The zero-order chi connectivity index (χ0) is 12.7. The molecule has 1 aromatic rings. The molecule has 0 aromatic heterocycles. The van der Waals surface area contributed by atoms with Crippen LogP contribution >= 0.6 is 0 Å². The van der Waals surface area contributed by atoms with E-state index in [-0.39, 0.29) is 5.82 Å². The van der Waals surface area contributed by atoms with Gasteiger partial charge in [0, 0.05) is 6.54 Å². The summed E-state index contributed by atoms with van der Waals surface area (Å²) in [6.45, 7) is 4.80. The molecule has 0 radical (unpaired) electrons. The van der Waals surface area contributed by atoms with Crippen LogP contribution in [0.1, 0.15) is 18.9 Å². The number of likely N-dealkylation sites (N-methyl/N-ethyl adjacent to an activating group) is 1. The van der Waals surface area contributed by atoms with Crippen molar-refractivity contribution in [1.82, 2.24) is 4.90 Å². The monoisotopic (exact) mass is 238 g/mol. The lowest BCUT2D eigenvalue weighted by atomic mass is 10.1. The highest BCUT2D eigenvalue weighted by atomic mass is 19.1. The van der Waals surface area contributed by atoms with Crippen LogP contribution in [0.15, 0.2) is 24.3 Å². The fraction of sp³-hybridized carbons (Fsp3) is 0.571. The quantitative estimate of drug-likeness (QED) is 0.789. The summed E-state index contributed by atoms with van der Waals surface area (Å²) < 4.78 is 13.4. The topological polar surface area (TPSA) is 29.3 Å². The summed E-state index contributed by atoms with van der Waals surface area (Å²) in [6.07, 6.45) is 1.87. The van der Waals surface area contributed by atoms with Crippen LogP contribution in [0.3, 0.4) is 0 Å². The Hall–Kier alpha value is -0.930. The molecule has 0 saturated heterocycles. The summed E-state index contributed by atoms with van der Waals surface area (Å²) in [7, 11) is 2.07. The number of hydrogen-bond acceptors (Lipinski definition) is 2. The van der Waals surface area contributed by atoms with Gasteiger partial charge >= 0.3 is 0 Å². The molecule has 0 aliphatic rings. The minimum absolute atomic E-state index is 0.101. The molecule has 1 aromatic carbocycles. The third kappa shape index (κ3) is 5.29. The maximum Gasteiger partial charge on any atom is 0.126 e. The Bertz CT molecular complexity index is 328. The van der Waals surface area contributed by atoms with E-state index >= 15 is 0 Å². The van der Waals surface area contributed by atoms with E-state index in [9.17, 15) is 4.39 Å². The molecule has 96 valence electrons. The molecule has 0 heterocycles. The van der Waals surface area contributed by atoms with Gasteiger partial charge in [0.25, 0.3) is 0 Å². The van der Waals surface area contributed by atoms with Gasteiger partial charge in [-0.2, -0.15) is 0 Å². The molecule has 0 bridgehead atoms. The Kier molecular flexibility index (Phi) is 6.16. The van der Waals surface area contributed by atoms with Crippen molar-refractivity contribution in [3.8, 4) is 0 Å². The van der Waals surface area contributed by atoms with Crippen molar-refractivity contribution in [2.24, 2.45) is 11.7 Å². The molecule has 2 nitrogen and oxygen atoms in total. The first kappa shape index (κ1) is 14.1. The molecule has 1 unspecified atom stereocenters. The minimum atomic E-state index is -0.101. The van der Waals surface area contributed by atoms with Gasteiger partial charge in [-0.05, 0) is 50.5 Å². The smallest absolute Gasteiger partial charge is 0.126 e. The van der Waals surface area contributed by atoms with Crippen molar-refractivity contribution in [1.29, 1.82) is 0 Å². The molecule has 0 fully saturated rings. The van der Waals surface area contributed by atoms with Crippen molar-refractivity contribution in [3.05, 3.63) is 35.6 Å². The maximum absolute atomic E-state index is 13.4. The summed E-state index contributed by atoms with van der Waals surface area (Å²) in [5, 5.41) is 0. The molecule has 1 rings (SSSR count). The van der Waals surface area contributed by atoms with E-state index < -0.39 is 0 Å². The lowest BCUT2D eigenvalue weighted by Gasteiger charge is -2.18. The molecule has 0 aliphatic heterocycles. The second-order valence-electron chi connectivity index (χ2n) is 4.77. The van der Waals surface area contributed by atoms with Gasteiger partial charge in [0.05, 0.1) is 0 Å². The van der Waals surface area contributed by atoms with Crippen LogP contribution in [0.2, 0.25) is 0 Å². The van der Waals surface area contributed by atoms with Crippen molar-refractivity contribution in [2.75, 3.05) is 26.7 Å². The van der Waals surface area contributed by atoms with Crippen LogP contribution in [-0.4, -0.2) is 31.6 Å². The first-order valence-corrected chi connectivity index (χ1v) is 6.25. The molecule has 0 aliphatic carbocycles. The van der Waals surface area contributed by atoms with E-state index in [0.717, 1.165) is 38.0 Å². The van der Waals surface area contributed by atoms with Gasteiger partial charge in [-0.25, -0.2) is 4.39 Å². The SMILES string of the molecule is CC(CN)CCN(C)CCc1ccccc1F. The third-order valence-corrected chi connectivity index (χ3v) is 3.13. The molecule has 0 spiro atoms. The van der Waals surface area contributed by atoms with Crippen LogP contribution in [0, 0.1) is 11.7 Å². The molecule has 2 N–H and O–H groups in total. The Morgan fingerprint density at radius 2 is 2.00 bits per heavy atom. The Morgan fingerprint density at radius 1 is 1.29 bits per heavy atom. The standard InChI is InChI=1S/C14H23FN2/c1-12(11-16)7-9-17(2)10-8-13-5-3-4-6-14(13)15/h3-6,12H,7-11,16H2,1-2H3.